The van der Waals surface area contributed by atoms with Gasteiger partial charge < -0.3 is 14.3 Å². The van der Waals surface area contributed by atoms with Gasteiger partial charge in [0, 0.05) is 28.5 Å². The van der Waals surface area contributed by atoms with E-state index in [-0.39, 0.29) is 5.41 Å². The zero-order chi connectivity index (χ0) is 23.5. The maximum Gasteiger partial charge on any atom is 0.192 e. The molecule has 0 bridgehead atoms. The molecule has 1 atom stereocenters. The summed E-state index contributed by atoms with van der Waals surface area (Å²) in [5.41, 5.74) is 3.05. The molecule has 2 aromatic heterocycles. The predicted molar refractivity (Wildman–Crippen MR) is 137 cm³/mol. The molecule has 1 fully saturated rings. The fourth-order valence-electron chi connectivity index (χ4n) is 4.97. The molecule has 1 saturated carbocycles. The fourth-order valence-corrected chi connectivity index (χ4v) is 6.68. The van der Waals surface area contributed by atoms with Crippen LogP contribution in [0.4, 0.5) is 0 Å². The Morgan fingerprint density at radius 1 is 1.12 bits per heavy atom. The number of aromatic nitrogens is 4. The number of hydrogen-bond donors (Lipinski definition) is 2. The Bertz CT molecular complexity index is 1330. The molecule has 2 heterocycles. The topological polar surface area (TPSA) is 89.6 Å². The Labute approximate surface area is 207 Å². The molecule has 176 valence electrons. The van der Waals surface area contributed by atoms with E-state index in [2.05, 4.69) is 32.3 Å². The molecule has 0 spiro atoms. The summed E-state index contributed by atoms with van der Waals surface area (Å²) in [6.45, 7) is 2.46. The van der Waals surface area contributed by atoms with E-state index in [1.807, 2.05) is 49.4 Å². The molecule has 2 aromatic carbocycles. The van der Waals surface area contributed by atoms with Crippen molar-refractivity contribution < 1.29 is 9.29 Å². The highest BCUT2D eigenvalue weighted by molar-refractivity contribution is 7.91. The molecule has 0 saturated heterocycles. The van der Waals surface area contributed by atoms with Crippen LogP contribution in [0.1, 0.15) is 42.8 Å². The Morgan fingerprint density at radius 2 is 1.88 bits per heavy atom. The van der Waals surface area contributed by atoms with Crippen LogP contribution in [-0.2, 0) is 24.2 Å². The largest absolute Gasteiger partial charge is 0.611 e. The SMILES string of the molecule is Cc1cc(COc2ccc([S+]([O-])CC3(Cc4n[nH]c(=S)[nH]4)CCCC3)cc2)c2ccccc2n1. The Balaban J connectivity index is 1.25. The van der Waals surface area contributed by atoms with Gasteiger partial charge in [-0.2, -0.15) is 5.10 Å². The first-order valence-corrected chi connectivity index (χ1v) is 13.3. The molecule has 0 amide bonds. The van der Waals surface area contributed by atoms with Crippen molar-refractivity contribution in [1.29, 1.82) is 0 Å². The lowest BCUT2D eigenvalue weighted by atomic mass is 9.84. The van der Waals surface area contributed by atoms with Crippen LogP contribution in [0.5, 0.6) is 5.75 Å². The van der Waals surface area contributed by atoms with Gasteiger partial charge in [0.2, 0.25) is 0 Å². The highest BCUT2D eigenvalue weighted by atomic mass is 32.2. The number of ether oxygens (including phenoxy) is 1. The van der Waals surface area contributed by atoms with E-state index in [1.165, 1.54) is 0 Å². The molecular weight excluding hydrogens is 464 g/mol. The normalized spacial score (nSPS) is 16.1. The summed E-state index contributed by atoms with van der Waals surface area (Å²) in [7, 11) is 0. The lowest BCUT2D eigenvalue weighted by molar-refractivity contribution is 0.307. The van der Waals surface area contributed by atoms with Crippen LogP contribution in [0.3, 0.4) is 0 Å². The lowest BCUT2D eigenvalue weighted by Gasteiger charge is -2.28. The molecule has 2 N–H and O–H groups in total. The summed E-state index contributed by atoms with van der Waals surface area (Å²) in [6, 6.07) is 17.8. The van der Waals surface area contributed by atoms with Crippen molar-refractivity contribution in [2.75, 3.05) is 5.75 Å². The number of benzene rings is 2. The minimum Gasteiger partial charge on any atom is -0.611 e. The van der Waals surface area contributed by atoms with E-state index in [1.54, 1.807) is 0 Å². The number of aromatic amines is 2. The minimum absolute atomic E-state index is 0.00619. The first kappa shape index (κ1) is 23.1. The van der Waals surface area contributed by atoms with Gasteiger partial charge in [0.05, 0.1) is 5.52 Å². The van der Waals surface area contributed by atoms with Crippen LogP contribution in [0.15, 0.2) is 59.5 Å². The standard InChI is InChI=1S/C26H28N4O2S2/c1-18-14-19(22-6-2-3-7-23(22)27-18)16-32-20-8-10-21(11-9-20)34(31)17-26(12-4-5-13-26)15-24-28-25(33)30-29-24/h2-3,6-11,14H,4-5,12-13,15-17H2,1H3,(H2,28,29,30,33). The van der Waals surface area contributed by atoms with Gasteiger partial charge in [-0.05, 0) is 79.6 Å². The molecule has 0 aliphatic heterocycles. The van der Waals surface area contributed by atoms with Crippen LogP contribution >= 0.6 is 12.2 Å². The second kappa shape index (κ2) is 9.90. The van der Waals surface area contributed by atoms with Crippen molar-refractivity contribution >= 4 is 34.3 Å². The molecule has 4 aromatic rings. The number of rotatable bonds is 8. The van der Waals surface area contributed by atoms with Crippen molar-refractivity contribution in [2.45, 2.75) is 50.5 Å². The van der Waals surface area contributed by atoms with Crippen LogP contribution in [0.25, 0.3) is 10.9 Å². The average Bonchev–Trinajstić information content (AvgIpc) is 3.46. The van der Waals surface area contributed by atoms with Crippen LogP contribution in [0, 0.1) is 17.1 Å². The number of fused-ring (bicyclic) bond motifs is 1. The highest BCUT2D eigenvalue weighted by Crippen LogP contribution is 2.42. The summed E-state index contributed by atoms with van der Waals surface area (Å²) in [5, 5.41) is 8.19. The monoisotopic (exact) mass is 492 g/mol. The first-order valence-electron chi connectivity index (χ1n) is 11.6. The summed E-state index contributed by atoms with van der Waals surface area (Å²) < 4.78 is 19.9. The van der Waals surface area contributed by atoms with E-state index in [0.29, 0.717) is 17.1 Å². The second-order valence-corrected chi connectivity index (χ2v) is 11.1. The van der Waals surface area contributed by atoms with Crippen molar-refractivity contribution in [3.05, 3.63) is 76.5 Å². The van der Waals surface area contributed by atoms with Gasteiger partial charge in [0.15, 0.2) is 9.67 Å². The molecule has 0 radical (unpaired) electrons. The third-order valence-corrected chi connectivity index (χ3v) is 8.47. The fraction of sp³-hybridized carbons (Fsp3) is 0.346. The Kier molecular flexibility index (Phi) is 6.72. The molecule has 1 unspecified atom stereocenters. The van der Waals surface area contributed by atoms with E-state index >= 15 is 0 Å². The van der Waals surface area contributed by atoms with Crippen molar-refractivity contribution in [1.82, 2.24) is 20.2 Å². The van der Waals surface area contributed by atoms with Gasteiger partial charge >= 0.3 is 0 Å². The summed E-state index contributed by atoms with van der Waals surface area (Å²) in [4.78, 5) is 8.55. The third-order valence-electron chi connectivity index (χ3n) is 6.61. The van der Waals surface area contributed by atoms with Gasteiger partial charge in [-0.15, -0.1) is 0 Å². The number of nitrogens with zero attached hydrogens (tertiary/aromatic N) is 2. The highest BCUT2D eigenvalue weighted by Gasteiger charge is 2.39. The first-order chi connectivity index (χ1) is 16.5. The van der Waals surface area contributed by atoms with Crippen LogP contribution in [-0.4, -0.2) is 30.5 Å². The number of H-pyrrole nitrogens is 2. The van der Waals surface area contributed by atoms with Gasteiger partial charge in [-0.3, -0.25) is 10.1 Å². The molecular formula is C26H28N4O2S2. The van der Waals surface area contributed by atoms with Crippen LogP contribution in [0.2, 0.25) is 0 Å². The molecule has 5 rings (SSSR count). The number of hydrogen-bond acceptors (Lipinski definition) is 5. The van der Waals surface area contributed by atoms with Crippen molar-refractivity contribution in [2.24, 2.45) is 5.41 Å². The van der Waals surface area contributed by atoms with E-state index in [9.17, 15) is 4.55 Å². The summed E-state index contributed by atoms with van der Waals surface area (Å²) in [6.07, 6.45) is 5.22. The average molecular weight is 493 g/mol. The van der Waals surface area contributed by atoms with E-state index in [0.717, 1.165) is 70.7 Å². The molecule has 34 heavy (non-hydrogen) atoms. The maximum absolute atomic E-state index is 13.3. The predicted octanol–water partition coefficient (Wildman–Crippen LogP) is 5.81. The van der Waals surface area contributed by atoms with E-state index in [4.69, 9.17) is 17.0 Å². The van der Waals surface area contributed by atoms with Gasteiger partial charge in [0.25, 0.3) is 0 Å². The van der Waals surface area contributed by atoms with Gasteiger partial charge in [-0.1, -0.05) is 31.0 Å². The molecule has 6 nitrogen and oxygen atoms in total. The zero-order valence-electron chi connectivity index (χ0n) is 19.2. The second-order valence-electron chi connectivity index (χ2n) is 9.20. The Morgan fingerprint density at radius 3 is 2.62 bits per heavy atom. The minimum atomic E-state index is -1.09. The van der Waals surface area contributed by atoms with Crippen molar-refractivity contribution in [3.63, 3.8) is 0 Å². The number of nitrogens with one attached hydrogen (secondary N) is 2. The number of aryl methyl sites for hydroxylation is 1. The Hall–Kier alpha value is -2.68. The molecule has 8 heteroatoms. The van der Waals surface area contributed by atoms with Crippen LogP contribution < -0.4 is 4.74 Å². The quantitative estimate of drug-likeness (QED) is 0.239. The summed E-state index contributed by atoms with van der Waals surface area (Å²) in [5.74, 6) is 2.24. The number of pyridine rings is 1. The lowest BCUT2D eigenvalue weighted by Crippen LogP contribution is -2.30. The summed E-state index contributed by atoms with van der Waals surface area (Å²) >= 11 is 4.03. The number of para-hydroxylation sites is 1. The van der Waals surface area contributed by atoms with E-state index < -0.39 is 11.2 Å². The molecule has 1 aliphatic carbocycles. The third kappa shape index (κ3) is 5.19. The smallest absolute Gasteiger partial charge is 0.192 e. The zero-order valence-corrected chi connectivity index (χ0v) is 20.8. The van der Waals surface area contributed by atoms with Gasteiger partial charge in [0.1, 0.15) is 23.9 Å². The molecule has 1 aliphatic rings. The van der Waals surface area contributed by atoms with Crippen molar-refractivity contribution in [3.8, 4) is 5.75 Å². The maximum atomic E-state index is 13.3. The van der Waals surface area contributed by atoms with Gasteiger partial charge in [-0.25, -0.2) is 0 Å².